The summed E-state index contributed by atoms with van der Waals surface area (Å²) >= 11 is 0. The highest BCUT2D eigenvalue weighted by atomic mass is 16.6. The van der Waals surface area contributed by atoms with Crippen LogP contribution in [0.3, 0.4) is 0 Å². The third-order valence-corrected chi connectivity index (χ3v) is 6.71. The number of ether oxygens (including phenoxy) is 4. The van der Waals surface area contributed by atoms with Gasteiger partial charge in [0, 0.05) is 55.4 Å². The molecule has 0 saturated carbocycles. The van der Waals surface area contributed by atoms with Crippen LogP contribution in [0.15, 0.2) is 91.1 Å². The third kappa shape index (κ3) is 8.22. The van der Waals surface area contributed by atoms with Crippen LogP contribution in [0, 0.1) is 0 Å². The summed E-state index contributed by atoms with van der Waals surface area (Å²) in [7, 11) is 0. The monoisotopic (exact) mass is 567 g/mol. The Hall–Kier alpha value is -4.59. The summed E-state index contributed by atoms with van der Waals surface area (Å²) in [5.41, 5.74) is 3.26. The molecule has 1 aliphatic rings. The molecule has 1 amide bonds. The first-order chi connectivity index (χ1) is 20.3. The number of rotatable bonds is 9. The lowest BCUT2D eigenvalue weighted by Gasteiger charge is -2.33. The fraction of sp³-hybridized carbons (Fsp3) is 0.324. The van der Waals surface area contributed by atoms with Crippen molar-refractivity contribution in [3.8, 4) is 28.8 Å². The van der Waals surface area contributed by atoms with Gasteiger partial charge in [0.25, 0.3) is 0 Å². The van der Waals surface area contributed by atoms with E-state index < -0.39 is 5.60 Å². The highest BCUT2D eigenvalue weighted by Crippen LogP contribution is 2.32. The van der Waals surface area contributed by atoms with E-state index in [2.05, 4.69) is 4.98 Å². The molecule has 0 atom stereocenters. The van der Waals surface area contributed by atoms with Crippen LogP contribution in [0.2, 0.25) is 0 Å². The molecule has 8 nitrogen and oxygen atoms in total. The number of likely N-dealkylation sites (tertiary alicyclic amines) is 1. The zero-order valence-corrected chi connectivity index (χ0v) is 24.4. The maximum Gasteiger partial charge on any atom is 0.410 e. The lowest BCUT2D eigenvalue weighted by molar-refractivity contribution is 0.0123. The molecule has 0 bridgehead atoms. The summed E-state index contributed by atoms with van der Waals surface area (Å²) in [6.07, 6.45) is 2.90. The second-order valence-corrected chi connectivity index (χ2v) is 11.2. The van der Waals surface area contributed by atoms with Crippen LogP contribution in [0.1, 0.15) is 44.7 Å². The van der Waals surface area contributed by atoms with Crippen LogP contribution in [-0.4, -0.2) is 45.8 Å². The zero-order chi connectivity index (χ0) is 29.4. The van der Waals surface area contributed by atoms with E-state index in [9.17, 15) is 4.79 Å². The molecule has 1 fully saturated rings. The molecule has 1 aliphatic heterocycles. The predicted molar refractivity (Wildman–Crippen MR) is 160 cm³/mol. The van der Waals surface area contributed by atoms with Crippen LogP contribution in [0.25, 0.3) is 11.1 Å². The molecular formula is C34H37N3O5. The van der Waals surface area contributed by atoms with E-state index in [1.54, 1.807) is 11.1 Å². The van der Waals surface area contributed by atoms with Crippen molar-refractivity contribution >= 4 is 6.09 Å². The summed E-state index contributed by atoms with van der Waals surface area (Å²) in [4.78, 5) is 23.4. The van der Waals surface area contributed by atoms with Gasteiger partial charge < -0.3 is 23.8 Å². The largest absolute Gasteiger partial charge is 0.474 e. The number of aromatic nitrogens is 2. The van der Waals surface area contributed by atoms with Crippen molar-refractivity contribution in [2.24, 2.45) is 0 Å². The van der Waals surface area contributed by atoms with E-state index in [0.717, 1.165) is 22.3 Å². The van der Waals surface area contributed by atoms with Crippen LogP contribution < -0.4 is 14.2 Å². The van der Waals surface area contributed by atoms with Gasteiger partial charge in [0.1, 0.15) is 24.9 Å². The van der Waals surface area contributed by atoms with Gasteiger partial charge in [0.15, 0.2) is 0 Å². The highest BCUT2D eigenvalue weighted by molar-refractivity contribution is 5.69. The van der Waals surface area contributed by atoms with Gasteiger partial charge in [-0.2, -0.15) is 4.98 Å². The fourth-order valence-corrected chi connectivity index (χ4v) is 4.55. The Bertz CT molecular complexity index is 1430. The van der Waals surface area contributed by atoms with Crippen molar-refractivity contribution in [3.05, 3.63) is 102 Å². The van der Waals surface area contributed by atoms with Crippen molar-refractivity contribution in [2.45, 2.75) is 58.5 Å². The topological polar surface area (TPSA) is 83.0 Å². The molecule has 5 rings (SSSR count). The summed E-state index contributed by atoms with van der Waals surface area (Å²) in [6, 6.07) is 27.5. The highest BCUT2D eigenvalue weighted by Gasteiger charge is 2.28. The van der Waals surface area contributed by atoms with Crippen LogP contribution in [0.4, 0.5) is 4.79 Å². The number of benzene rings is 2. The molecule has 3 heterocycles. The first kappa shape index (κ1) is 28.9. The second-order valence-electron chi connectivity index (χ2n) is 11.2. The van der Waals surface area contributed by atoms with Gasteiger partial charge in [-0.05, 0) is 44.0 Å². The van der Waals surface area contributed by atoms with E-state index in [1.165, 1.54) is 0 Å². The van der Waals surface area contributed by atoms with Crippen LogP contribution in [0.5, 0.6) is 17.6 Å². The van der Waals surface area contributed by atoms with E-state index in [1.807, 2.05) is 106 Å². The Labute approximate surface area is 247 Å². The van der Waals surface area contributed by atoms with E-state index in [0.29, 0.717) is 56.8 Å². The maximum atomic E-state index is 12.4. The number of piperidine rings is 1. The Morgan fingerprint density at radius 3 is 2.02 bits per heavy atom. The van der Waals surface area contributed by atoms with Gasteiger partial charge in [-0.1, -0.05) is 60.7 Å². The Balaban J connectivity index is 1.24. The third-order valence-electron chi connectivity index (χ3n) is 6.71. The Morgan fingerprint density at radius 1 is 0.810 bits per heavy atom. The molecule has 1 saturated heterocycles. The molecule has 8 heteroatoms. The molecule has 0 unspecified atom stereocenters. The minimum Gasteiger partial charge on any atom is -0.474 e. The summed E-state index contributed by atoms with van der Waals surface area (Å²) < 4.78 is 23.8. The molecule has 0 spiro atoms. The van der Waals surface area contributed by atoms with Gasteiger partial charge in [0.05, 0.1) is 0 Å². The van der Waals surface area contributed by atoms with Crippen LogP contribution >= 0.6 is 0 Å². The molecular weight excluding hydrogens is 530 g/mol. The summed E-state index contributed by atoms with van der Waals surface area (Å²) in [6.45, 7) is 7.58. The molecule has 0 N–H and O–H groups in total. The normalized spacial score (nSPS) is 13.8. The van der Waals surface area contributed by atoms with Crippen LogP contribution in [-0.2, 0) is 18.0 Å². The zero-order valence-electron chi connectivity index (χ0n) is 24.4. The summed E-state index contributed by atoms with van der Waals surface area (Å²) in [5, 5.41) is 0. The van der Waals surface area contributed by atoms with Crippen molar-refractivity contribution in [1.29, 1.82) is 0 Å². The van der Waals surface area contributed by atoms with Crippen molar-refractivity contribution < 1.29 is 23.7 Å². The van der Waals surface area contributed by atoms with Crippen molar-refractivity contribution in [1.82, 2.24) is 14.9 Å². The second kappa shape index (κ2) is 13.4. The minimum atomic E-state index is -0.506. The molecule has 218 valence electrons. The number of hydrogen-bond acceptors (Lipinski definition) is 7. The van der Waals surface area contributed by atoms with Gasteiger partial charge in [-0.15, -0.1) is 0 Å². The number of carbonyl (C=O) groups is 1. The number of amides is 1. The van der Waals surface area contributed by atoms with Gasteiger partial charge in [0.2, 0.25) is 17.6 Å². The van der Waals surface area contributed by atoms with E-state index in [-0.39, 0.29) is 12.2 Å². The minimum absolute atomic E-state index is 0.0190. The molecule has 0 radical (unpaired) electrons. The molecule has 2 aromatic heterocycles. The van der Waals surface area contributed by atoms with Gasteiger partial charge in [-0.25, -0.2) is 9.78 Å². The Morgan fingerprint density at radius 2 is 1.43 bits per heavy atom. The van der Waals surface area contributed by atoms with Crippen molar-refractivity contribution in [2.75, 3.05) is 13.1 Å². The SMILES string of the molecule is CC(C)(C)OC(=O)N1CCC(Oc2ccc(-c3ccc(OCc4ccccc4)nc3OCc3ccccc3)cn2)CC1. The first-order valence-corrected chi connectivity index (χ1v) is 14.3. The predicted octanol–water partition coefficient (Wildman–Crippen LogP) is 7.08. The summed E-state index contributed by atoms with van der Waals surface area (Å²) in [5.74, 6) is 1.49. The average molecular weight is 568 g/mol. The number of pyridine rings is 2. The van der Waals surface area contributed by atoms with Gasteiger partial charge >= 0.3 is 6.09 Å². The fourth-order valence-electron chi connectivity index (χ4n) is 4.55. The standard InChI is InChI=1S/C34H37N3O5/c1-34(2,3)42-33(38)37-20-18-28(19-21-37)41-30-16-14-27(22-35-30)29-15-17-31(39-23-25-10-6-4-7-11-25)36-32(29)40-24-26-12-8-5-9-13-26/h4-17,22,28H,18-21,23-24H2,1-3H3. The Kier molecular flexibility index (Phi) is 9.21. The maximum absolute atomic E-state index is 12.4. The van der Waals surface area contributed by atoms with Crippen molar-refractivity contribution in [3.63, 3.8) is 0 Å². The quantitative estimate of drug-likeness (QED) is 0.214. The molecule has 2 aromatic carbocycles. The lowest BCUT2D eigenvalue weighted by Crippen LogP contribution is -2.44. The number of nitrogens with zero attached hydrogens (tertiary/aromatic N) is 3. The van der Waals surface area contributed by atoms with Gasteiger partial charge in [-0.3, -0.25) is 0 Å². The van der Waals surface area contributed by atoms with E-state index >= 15 is 0 Å². The number of hydrogen-bond donors (Lipinski definition) is 0. The molecule has 42 heavy (non-hydrogen) atoms. The lowest BCUT2D eigenvalue weighted by atomic mass is 10.1. The smallest absolute Gasteiger partial charge is 0.410 e. The average Bonchev–Trinajstić information content (AvgIpc) is 3.00. The van der Waals surface area contributed by atoms with E-state index in [4.69, 9.17) is 23.9 Å². The number of carbonyl (C=O) groups excluding carboxylic acids is 1. The molecule has 0 aliphatic carbocycles. The first-order valence-electron chi connectivity index (χ1n) is 14.3. The molecule has 4 aromatic rings.